The molecule has 10 rings (SSSR count). The van der Waals surface area contributed by atoms with Crippen LogP contribution < -0.4 is 31.1 Å². The molecule has 25 nitrogen and oxygen atoms in total. The molecule has 0 radical (unpaired) electrons. The fourth-order valence-electron chi connectivity index (χ4n) is 10.9. The average Bonchev–Trinajstić information content (AvgIpc) is 0.850. The Kier molecular flexibility index (Phi) is 17.3. The molecule has 3 aliphatic rings. The number of esters is 4. The minimum atomic E-state index is -1.86. The molecule has 7 aromatic rings. The van der Waals surface area contributed by atoms with Crippen molar-refractivity contribution in [3.8, 4) is 16.9 Å². The number of anilines is 2. The summed E-state index contributed by atoms with van der Waals surface area (Å²) in [5.74, 6) is -6.89. The first-order chi connectivity index (χ1) is 41.4. The molecule has 4 N–H and O–H groups in total. The molecule has 0 spiro atoms. The van der Waals surface area contributed by atoms with Crippen LogP contribution in [0.25, 0.3) is 21.9 Å². The van der Waals surface area contributed by atoms with Crippen molar-refractivity contribution in [3.05, 3.63) is 165 Å². The van der Waals surface area contributed by atoms with E-state index in [2.05, 4.69) is 36.2 Å². The molecule has 0 saturated carbocycles. The summed E-state index contributed by atoms with van der Waals surface area (Å²) in [6.45, 7) is 1.95. The lowest BCUT2D eigenvalue weighted by atomic mass is 9.82. The van der Waals surface area contributed by atoms with Crippen molar-refractivity contribution in [2.24, 2.45) is 7.05 Å². The Labute approximate surface area is 487 Å². The predicted molar refractivity (Wildman–Crippen MR) is 296 cm³/mol. The van der Waals surface area contributed by atoms with Crippen molar-refractivity contribution in [2.75, 3.05) is 37.1 Å². The Morgan fingerprint density at radius 2 is 1.42 bits per heavy atom. The van der Waals surface area contributed by atoms with Crippen LogP contribution in [0.1, 0.15) is 78.8 Å². The highest BCUT2D eigenvalue weighted by atomic mass is 19.1. The molecule has 27 heteroatoms. The van der Waals surface area contributed by atoms with Gasteiger partial charge in [0.25, 0.3) is 5.56 Å². The normalized spacial score (nSPS) is 19.2. The number of carbonyl (C=O) groups is 7. The zero-order valence-electron chi connectivity index (χ0n) is 46.6. The first kappa shape index (κ1) is 58.9. The summed E-state index contributed by atoms with van der Waals surface area (Å²) in [6, 6.07) is 26.5. The second-order valence-corrected chi connectivity index (χ2v) is 20.1. The molecule has 5 aromatic carbocycles. The summed E-state index contributed by atoms with van der Waals surface area (Å²) in [5, 5.41) is 19.3. The highest BCUT2D eigenvalue weighted by Crippen LogP contribution is 2.50. The number of aromatic amines is 1. The second-order valence-electron chi connectivity index (χ2n) is 20.1. The Bertz CT molecular complexity index is 3800. The molecule has 3 amide bonds. The van der Waals surface area contributed by atoms with Crippen molar-refractivity contribution in [2.45, 2.75) is 82.4 Å². The van der Waals surface area contributed by atoms with E-state index in [1.807, 2.05) is 48.5 Å². The molecule has 1 fully saturated rings. The van der Waals surface area contributed by atoms with Gasteiger partial charge in [-0.25, -0.2) is 33.2 Å². The highest BCUT2D eigenvalue weighted by molar-refractivity contribution is 5.98. The van der Waals surface area contributed by atoms with Gasteiger partial charge >= 0.3 is 36.1 Å². The van der Waals surface area contributed by atoms with Gasteiger partial charge in [0, 0.05) is 52.1 Å². The fourth-order valence-corrected chi connectivity index (χ4v) is 10.9. The van der Waals surface area contributed by atoms with E-state index in [4.69, 9.17) is 37.9 Å². The second kappa shape index (κ2) is 25.3. The topological polar surface area (TPSA) is 309 Å². The van der Waals surface area contributed by atoms with Gasteiger partial charge in [-0.05, 0) is 69.8 Å². The third kappa shape index (κ3) is 12.5. The number of amides is 3. The van der Waals surface area contributed by atoms with E-state index in [1.165, 1.54) is 59.5 Å². The van der Waals surface area contributed by atoms with E-state index in [0.29, 0.717) is 17.1 Å². The minimum absolute atomic E-state index is 0.0119. The molecule has 1 saturated heterocycles. The van der Waals surface area contributed by atoms with Crippen molar-refractivity contribution in [1.82, 2.24) is 35.6 Å². The molecular weight excluding hydrogens is 1130 g/mol. The standard InChI is InChI=1S/C59H55F2N9O16/c1-29(71)82-50-51(83-30(2)72)53(84-31(3)73)57(86-52(50)56(76)79-5)85-44-19-14-32(22-42(44)66-45(74)20-21-62-58(77)81-26-41-38-12-8-6-10-36(38)37-11-7-9-13-39(37)41)25-80-59(78)64-28-70-43-24-35(61)23-40-46(43)48(67-68-55(40)75)47(54-63-27-65-69(54)4)49(70)33-15-17-34(60)18-16-33/h6-19,22-24,27,41,47,49-53,57H,20-21,25-26,28H2,1-5H3,(H,62,77)(H,64,78)(H,66,74)(H,68,75)/t47-,49+,50-,51-,52-,53+,57+/m0/s1. The van der Waals surface area contributed by atoms with Crippen LogP contribution >= 0.6 is 0 Å². The van der Waals surface area contributed by atoms with Crippen LogP contribution in [-0.2, 0) is 70.8 Å². The molecule has 1 aliphatic carbocycles. The average molecular weight is 1180 g/mol. The largest absolute Gasteiger partial charge is 0.467 e. The van der Waals surface area contributed by atoms with Crippen molar-refractivity contribution >= 4 is 64.1 Å². The number of rotatable bonds is 18. The van der Waals surface area contributed by atoms with Crippen LogP contribution in [-0.4, -0.2) is 125 Å². The number of hydrogen-bond donors (Lipinski definition) is 4. The molecule has 2 aliphatic heterocycles. The quantitative estimate of drug-likeness (QED) is 0.0579. The van der Waals surface area contributed by atoms with Crippen LogP contribution in [0, 0.1) is 11.6 Å². The number of methoxy groups -OCH3 is 1. The van der Waals surface area contributed by atoms with E-state index in [1.54, 1.807) is 11.9 Å². The van der Waals surface area contributed by atoms with Gasteiger partial charge in [-0.2, -0.15) is 10.2 Å². The number of halogens is 2. The van der Waals surface area contributed by atoms with E-state index in [0.717, 1.165) is 56.2 Å². The lowest BCUT2D eigenvalue weighted by Crippen LogP contribution is -2.64. The fraction of sp³-hybridized carbons (Fsp3) is 0.305. The molecular formula is C59H55F2N9O16. The number of fused-ring (bicyclic) bond motifs is 3. The van der Waals surface area contributed by atoms with E-state index < -0.39 is 115 Å². The predicted octanol–water partition coefficient (Wildman–Crippen LogP) is 5.85. The van der Waals surface area contributed by atoms with Crippen molar-refractivity contribution in [1.29, 1.82) is 0 Å². The zero-order chi connectivity index (χ0) is 60.9. The number of nitrogens with one attached hydrogen (secondary N) is 4. The summed E-state index contributed by atoms with van der Waals surface area (Å²) in [4.78, 5) is 111. The number of nitrogens with zero attached hydrogens (tertiary/aromatic N) is 5. The Morgan fingerprint density at radius 1 is 0.756 bits per heavy atom. The molecule has 7 atom stereocenters. The number of aromatic nitrogens is 5. The van der Waals surface area contributed by atoms with Gasteiger partial charge in [0.2, 0.25) is 18.3 Å². The molecule has 0 bridgehead atoms. The number of benzene rings is 5. The van der Waals surface area contributed by atoms with E-state index >= 15 is 4.39 Å². The van der Waals surface area contributed by atoms with Crippen LogP contribution in [0.3, 0.4) is 0 Å². The number of carbonyl (C=O) groups excluding carboxylic acids is 7. The number of aryl methyl sites for hydroxylation is 1. The lowest BCUT2D eigenvalue weighted by Gasteiger charge is -2.43. The van der Waals surface area contributed by atoms with Gasteiger partial charge in [-0.15, -0.1) is 0 Å². The SMILES string of the molecule is COC(=O)[C@H]1O[C@@H](Oc2ccc(COC(=O)NCN3c4cc(F)cc5c(=O)[nH]nc(c45)[C@H](c4ncnn4C)[C@H]3c3ccc(F)cc3)cc2NC(=O)CCNC(=O)OCC2c3ccccc3-c3ccccc32)[C@H](OC(C)=O)[C@@H](OC(C)=O)[C@@H]1OC(C)=O. The number of ether oxygens (including phenoxy) is 8. The monoisotopic (exact) mass is 1180 g/mol. The molecule has 2 aromatic heterocycles. The maximum atomic E-state index is 15.6. The van der Waals surface area contributed by atoms with Crippen LogP contribution in [0.15, 0.2) is 114 Å². The first-order valence-electron chi connectivity index (χ1n) is 26.8. The Hall–Kier alpha value is -10.3. The molecule has 446 valence electrons. The summed E-state index contributed by atoms with van der Waals surface area (Å²) >= 11 is 0. The number of H-pyrrole nitrogens is 1. The molecule has 0 unspecified atom stereocenters. The van der Waals surface area contributed by atoms with Crippen LogP contribution in [0.2, 0.25) is 0 Å². The summed E-state index contributed by atoms with van der Waals surface area (Å²) in [7, 11) is 2.65. The van der Waals surface area contributed by atoms with Crippen LogP contribution in [0.5, 0.6) is 5.75 Å². The van der Waals surface area contributed by atoms with Gasteiger partial charge in [0.1, 0.15) is 42.7 Å². The van der Waals surface area contributed by atoms with E-state index in [-0.39, 0.29) is 59.0 Å². The smallest absolute Gasteiger partial charge is 0.408 e. The first-order valence-corrected chi connectivity index (χ1v) is 26.8. The zero-order valence-corrected chi connectivity index (χ0v) is 46.6. The highest BCUT2D eigenvalue weighted by Gasteiger charge is 2.56. The third-order valence-corrected chi connectivity index (χ3v) is 14.5. The summed E-state index contributed by atoms with van der Waals surface area (Å²) in [6.07, 6.45) is -9.74. The van der Waals surface area contributed by atoms with Gasteiger partial charge in [0.15, 0.2) is 18.3 Å². The van der Waals surface area contributed by atoms with Crippen molar-refractivity contribution < 1.29 is 80.2 Å². The third-order valence-electron chi connectivity index (χ3n) is 14.5. The Morgan fingerprint density at radius 3 is 2.08 bits per heavy atom. The summed E-state index contributed by atoms with van der Waals surface area (Å²) in [5.41, 5.74) is 4.41. The molecule has 4 heterocycles. The van der Waals surface area contributed by atoms with Crippen molar-refractivity contribution in [3.63, 3.8) is 0 Å². The van der Waals surface area contributed by atoms with Gasteiger partial charge < -0.3 is 58.7 Å². The minimum Gasteiger partial charge on any atom is -0.467 e. The van der Waals surface area contributed by atoms with Gasteiger partial charge in [-0.3, -0.25) is 28.7 Å². The number of alkyl carbamates (subject to hydrolysis) is 2. The summed E-state index contributed by atoms with van der Waals surface area (Å²) < 4.78 is 76.4. The van der Waals surface area contributed by atoms with E-state index in [9.17, 15) is 42.7 Å². The maximum Gasteiger partial charge on any atom is 0.408 e. The Balaban J connectivity index is 0.898. The van der Waals surface area contributed by atoms with Gasteiger partial charge in [0.05, 0.1) is 48.2 Å². The number of hydrogen-bond acceptors (Lipinski definition) is 20. The van der Waals surface area contributed by atoms with Crippen LogP contribution in [0.4, 0.5) is 29.7 Å². The molecule has 86 heavy (non-hydrogen) atoms. The lowest BCUT2D eigenvalue weighted by molar-refractivity contribution is -0.282. The van der Waals surface area contributed by atoms with Gasteiger partial charge in [-0.1, -0.05) is 66.7 Å². The maximum absolute atomic E-state index is 15.6.